The second-order valence-corrected chi connectivity index (χ2v) is 7.24. The molecule has 1 N–H and O–H groups in total. The molecule has 30 heavy (non-hydrogen) atoms. The molecule has 9 nitrogen and oxygen atoms in total. The Morgan fingerprint density at radius 3 is 2.53 bits per heavy atom. The Hall–Kier alpha value is -2.81. The number of piperazine rings is 1. The highest BCUT2D eigenvalue weighted by Crippen LogP contribution is 2.21. The second-order valence-electron chi connectivity index (χ2n) is 7.24. The van der Waals surface area contributed by atoms with Crippen LogP contribution in [0.15, 0.2) is 23.2 Å². The maximum atomic E-state index is 12.5. The van der Waals surface area contributed by atoms with Crippen molar-refractivity contribution in [3.05, 3.63) is 29.3 Å². The Morgan fingerprint density at radius 1 is 1.20 bits per heavy atom. The van der Waals surface area contributed by atoms with E-state index in [9.17, 15) is 9.59 Å². The first-order chi connectivity index (χ1) is 14.6. The highest BCUT2D eigenvalue weighted by atomic mass is 16.5. The number of amides is 1. The Balaban J connectivity index is 1.55. The number of aliphatic imine (C=N–C) groups is 1. The molecular formula is C21H30N4O5. The van der Waals surface area contributed by atoms with E-state index in [1.807, 2.05) is 11.0 Å². The summed E-state index contributed by atoms with van der Waals surface area (Å²) < 4.78 is 15.6. The van der Waals surface area contributed by atoms with Gasteiger partial charge < -0.3 is 29.3 Å². The standard InChI is InChI=1S/C21H30N4O5/c1-22-21(23-14-15-6-7-17(28-2)16(13-15)20(27)29-3)25-10-8-24(9-11-25)19(26)18-5-4-12-30-18/h6-7,13,18H,4-5,8-12,14H2,1-3H3,(H,22,23). The van der Waals surface area contributed by atoms with Crippen LogP contribution in [0.25, 0.3) is 0 Å². The molecule has 0 spiro atoms. The molecule has 0 bridgehead atoms. The predicted octanol–water partition coefficient (Wildman–Crippen LogP) is 0.880. The Morgan fingerprint density at radius 2 is 1.93 bits per heavy atom. The van der Waals surface area contributed by atoms with Crippen LogP contribution in [0.4, 0.5) is 0 Å². The lowest BCUT2D eigenvalue weighted by Crippen LogP contribution is -2.55. The molecule has 1 aromatic rings. The van der Waals surface area contributed by atoms with E-state index in [0.29, 0.717) is 50.6 Å². The van der Waals surface area contributed by atoms with Crippen LogP contribution in [0.5, 0.6) is 5.75 Å². The zero-order valence-corrected chi connectivity index (χ0v) is 17.8. The smallest absolute Gasteiger partial charge is 0.341 e. The maximum absolute atomic E-state index is 12.5. The average Bonchev–Trinajstić information content (AvgIpc) is 3.33. The van der Waals surface area contributed by atoms with E-state index in [1.54, 1.807) is 19.2 Å². The number of guanidine groups is 1. The number of hydrogen-bond acceptors (Lipinski definition) is 6. The lowest BCUT2D eigenvalue weighted by molar-refractivity contribution is -0.142. The average molecular weight is 418 g/mol. The molecule has 9 heteroatoms. The summed E-state index contributed by atoms with van der Waals surface area (Å²) in [5.74, 6) is 0.894. The van der Waals surface area contributed by atoms with E-state index < -0.39 is 5.97 Å². The molecule has 0 aliphatic carbocycles. The van der Waals surface area contributed by atoms with E-state index in [2.05, 4.69) is 15.2 Å². The van der Waals surface area contributed by atoms with Gasteiger partial charge >= 0.3 is 5.97 Å². The summed E-state index contributed by atoms with van der Waals surface area (Å²) in [6, 6.07) is 5.40. The molecular weight excluding hydrogens is 388 g/mol. The number of ether oxygens (including phenoxy) is 3. The first kappa shape index (κ1) is 21.9. The monoisotopic (exact) mass is 418 g/mol. The summed E-state index contributed by atoms with van der Waals surface area (Å²) in [5, 5.41) is 3.33. The predicted molar refractivity (Wildman–Crippen MR) is 112 cm³/mol. The molecule has 1 aromatic carbocycles. The maximum Gasteiger partial charge on any atom is 0.341 e. The zero-order chi connectivity index (χ0) is 21.5. The van der Waals surface area contributed by atoms with Gasteiger partial charge in [0.1, 0.15) is 17.4 Å². The molecule has 164 valence electrons. The number of benzene rings is 1. The van der Waals surface area contributed by atoms with Crippen LogP contribution < -0.4 is 10.1 Å². The molecule has 2 heterocycles. The first-order valence-corrected chi connectivity index (χ1v) is 10.2. The number of hydrogen-bond donors (Lipinski definition) is 1. The molecule has 2 fully saturated rings. The van der Waals surface area contributed by atoms with Crippen LogP contribution in [0.3, 0.4) is 0 Å². The van der Waals surface area contributed by atoms with Crippen LogP contribution in [-0.2, 0) is 20.8 Å². The van der Waals surface area contributed by atoms with Crippen molar-refractivity contribution in [1.29, 1.82) is 0 Å². The molecule has 3 rings (SSSR count). The fourth-order valence-electron chi connectivity index (χ4n) is 3.76. The fraction of sp³-hybridized carbons (Fsp3) is 0.571. The Kier molecular flexibility index (Phi) is 7.51. The number of carbonyl (C=O) groups excluding carboxylic acids is 2. The summed E-state index contributed by atoms with van der Waals surface area (Å²) in [5.41, 5.74) is 1.29. The van der Waals surface area contributed by atoms with Crippen LogP contribution in [0.1, 0.15) is 28.8 Å². The van der Waals surface area contributed by atoms with Gasteiger partial charge in [-0.3, -0.25) is 9.79 Å². The second kappa shape index (κ2) is 10.3. The van der Waals surface area contributed by atoms with Gasteiger partial charge in [0.15, 0.2) is 5.96 Å². The molecule has 2 saturated heterocycles. The molecule has 1 amide bonds. The van der Waals surface area contributed by atoms with Crippen LogP contribution in [-0.4, -0.2) is 87.8 Å². The summed E-state index contributed by atoms with van der Waals surface area (Å²) in [7, 11) is 4.60. The number of methoxy groups -OCH3 is 2. The normalized spacial score (nSPS) is 19.6. The third kappa shape index (κ3) is 5.02. The molecule has 0 saturated carbocycles. The SMILES string of the molecule is CN=C(NCc1ccc(OC)c(C(=O)OC)c1)N1CCN(C(=O)C2CCCO2)CC1. The summed E-state index contributed by atoms with van der Waals surface area (Å²) >= 11 is 0. The summed E-state index contributed by atoms with van der Waals surface area (Å²) in [6.07, 6.45) is 1.50. The molecule has 2 aliphatic rings. The van der Waals surface area contributed by atoms with Gasteiger partial charge in [-0.1, -0.05) is 6.07 Å². The van der Waals surface area contributed by atoms with E-state index >= 15 is 0 Å². The van der Waals surface area contributed by atoms with E-state index in [0.717, 1.165) is 24.4 Å². The third-order valence-corrected chi connectivity index (χ3v) is 5.43. The number of carbonyl (C=O) groups is 2. The lowest BCUT2D eigenvalue weighted by Gasteiger charge is -2.37. The van der Waals surface area contributed by atoms with E-state index in [4.69, 9.17) is 14.2 Å². The van der Waals surface area contributed by atoms with Gasteiger partial charge in [0.05, 0.1) is 14.2 Å². The van der Waals surface area contributed by atoms with Gasteiger partial charge in [0, 0.05) is 46.4 Å². The molecule has 0 radical (unpaired) electrons. The van der Waals surface area contributed by atoms with Crippen molar-refractivity contribution in [2.75, 3.05) is 54.1 Å². The Bertz CT molecular complexity index is 784. The van der Waals surface area contributed by atoms with Crippen molar-refractivity contribution in [2.45, 2.75) is 25.5 Å². The minimum absolute atomic E-state index is 0.101. The fourth-order valence-corrected chi connectivity index (χ4v) is 3.76. The highest BCUT2D eigenvalue weighted by Gasteiger charge is 2.30. The molecule has 1 atom stereocenters. The number of nitrogens with one attached hydrogen (secondary N) is 1. The third-order valence-electron chi connectivity index (χ3n) is 5.43. The zero-order valence-electron chi connectivity index (χ0n) is 17.8. The van der Waals surface area contributed by atoms with E-state index in [1.165, 1.54) is 14.2 Å². The van der Waals surface area contributed by atoms with Crippen molar-refractivity contribution in [3.63, 3.8) is 0 Å². The van der Waals surface area contributed by atoms with Gasteiger partial charge in [-0.15, -0.1) is 0 Å². The van der Waals surface area contributed by atoms with Gasteiger partial charge in [-0.25, -0.2) is 4.79 Å². The van der Waals surface area contributed by atoms with Crippen molar-refractivity contribution >= 4 is 17.8 Å². The van der Waals surface area contributed by atoms with Gasteiger partial charge in [-0.2, -0.15) is 0 Å². The quantitative estimate of drug-likeness (QED) is 0.431. The minimum Gasteiger partial charge on any atom is -0.496 e. The highest BCUT2D eigenvalue weighted by molar-refractivity contribution is 5.92. The van der Waals surface area contributed by atoms with Crippen LogP contribution in [0, 0.1) is 0 Å². The minimum atomic E-state index is -0.440. The van der Waals surface area contributed by atoms with Crippen molar-refractivity contribution < 1.29 is 23.8 Å². The summed E-state index contributed by atoms with van der Waals surface area (Å²) in [4.78, 5) is 32.9. The largest absolute Gasteiger partial charge is 0.496 e. The number of nitrogens with zero attached hydrogens (tertiary/aromatic N) is 3. The van der Waals surface area contributed by atoms with E-state index in [-0.39, 0.29) is 12.0 Å². The lowest BCUT2D eigenvalue weighted by atomic mass is 10.1. The topological polar surface area (TPSA) is 92.7 Å². The number of esters is 1. The number of rotatable bonds is 5. The van der Waals surface area contributed by atoms with Crippen molar-refractivity contribution in [3.8, 4) is 5.75 Å². The molecule has 1 unspecified atom stereocenters. The van der Waals surface area contributed by atoms with Crippen LogP contribution >= 0.6 is 0 Å². The van der Waals surface area contributed by atoms with Gasteiger partial charge in [0.25, 0.3) is 5.91 Å². The Labute approximate surface area is 177 Å². The molecule has 0 aromatic heterocycles. The van der Waals surface area contributed by atoms with Gasteiger partial charge in [0.2, 0.25) is 0 Å². The first-order valence-electron chi connectivity index (χ1n) is 10.2. The van der Waals surface area contributed by atoms with Crippen molar-refractivity contribution in [1.82, 2.24) is 15.1 Å². The van der Waals surface area contributed by atoms with Gasteiger partial charge in [-0.05, 0) is 30.5 Å². The molecule has 2 aliphatic heterocycles. The van der Waals surface area contributed by atoms with Crippen LogP contribution in [0.2, 0.25) is 0 Å². The summed E-state index contributed by atoms with van der Waals surface area (Å²) in [6.45, 7) is 3.87. The van der Waals surface area contributed by atoms with Crippen molar-refractivity contribution in [2.24, 2.45) is 4.99 Å².